The van der Waals surface area contributed by atoms with E-state index >= 15 is 0 Å². The SMILES string of the molecule is CCCC/C=C/CCN(CC/C=C/CCCC)C(C)C(=O)O. The van der Waals surface area contributed by atoms with E-state index in [1.54, 1.807) is 6.92 Å². The lowest BCUT2D eigenvalue weighted by Crippen LogP contribution is -2.40. The van der Waals surface area contributed by atoms with E-state index in [0.717, 1.165) is 38.8 Å². The standard InChI is InChI=1S/C19H35NO2/c1-4-6-8-10-12-14-16-20(18(3)19(21)22)17-15-13-11-9-7-5-2/h10-13,18H,4-9,14-17H2,1-3H3,(H,21,22)/b12-10+,13-11+. The second kappa shape index (κ2) is 14.8. The van der Waals surface area contributed by atoms with Crippen LogP contribution in [0.2, 0.25) is 0 Å². The van der Waals surface area contributed by atoms with Crippen LogP contribution in [-0.4, -0.2) is 35.1 Å². The number of allylic oxidation sites excluding steroid dienone is 2. The Morgan fingerprint density at radius 1 is 0.909 bits per heavy atom. The van der Waals surface area contributed by atoms with Gasteiger partial charge in [-0.05, 0) is 32.6 Å². The smallest absolute Gasteiger partial charge is 0.320 e. The van der Waals surface area contributed by atoms with Crippen LogP contribution in [0.3, 0.4) is 0 Å². The average Bonchev–Trinajstić information content (AvgIpc) is 2.51. The molecule has 0 fully saturated rings. The summed E-state index contributed by atoms with van der Waals surface area (Å²) in [7, 11) is 0. The third-order valence-corrected chi connectivity index (χ3v) is 3.85. The van der Waals surface area contributed by atoms with E-state index < -0.39 is 12.0 Å². The summed E-state index contributed by atoms with van der Waals surface area (Å²) in [6.07, 6.45) is 17.8. The fourth-order valence-electron chi connectivity index (χ4n) is 2.25. The van der Waals surface area contributed by atoms with Gasteiger partial charge in [-0.15, -0.1) is 0 Å². The maximum Gasteiger partial charge on any atom is 0.320 e. The predicted molar refractivity (Wildman–Crippen MR) is 95.2 cm³/mol. The zero-order chi connectivity index (χ0) is 16.6. The highest BCUT2D eigenvalue weighted by atomic mass is 16.4. The Kier molecular flexibility index (Phi) is 14.1. The molecule has 1 N–H and O–H groups in total. The van der Waals surface area contributed by atoms with Gasteiger partial charge in [0.2, 0.25) is 0 Å². The summed E-state index contributed by atoms with van der Waals surface area (Å²) >= 11 is 0. The lowest BCUT2D eigenvalue weighted by molar-refractivity contribution is -0.142. The molecule has 0 spiro atoms. The van der Waals surface area contributed by atoms with Gasteiger partial charge in [-0.3, -0.25) is 9.69 Å². The molecule has 0 aliphatic carbocycles. The molecule has 0 radical (unpaired) electrons. The minimum atomic E-state index is -0.732. The van der Waals surface area contributed by atoms with Crippen LogP contribution in [0.1, 0.15) is 72.1 Å². The predicted octanol–water partition coefficient (Wildman–Crippen LogP) is 5.03. The van der Waals surface area contributed by atoms with Crippen LogP contribution < -0.4 is 0 Å². The highest BCUT2D eigenvalue weighted by Crippen LogP contribution is 2.05. The van der Waals surface area contributed by atoms with Crippen molar-refractivity contribution in [2.45, 2.75) is 78.2 Å². The molecule has 3 heteroatoms. The monoisotopic (exact) mass is 309 g/mol. The summed E-state index contributed by atoms with van der Waals surface area (Å²) in [4.78, 5) is 13.3. The number of carboxylic acids is 1. The first-order chi connectivity index (χ1) is 10.6. The van der Waals surface area contributed by atoms with E-state index in [4.69, 9.17) is 0 Å². The number of hydrogen-bond donors (Lipinski definition) is 1. The van der Waals surface area contributed by atoms with E-state index in [-0.39, 0.29) is 0 Å². The van der Waals surface area contributed by atoms with Gasteiger partial charge in [-0.25, -0.2) is 0 Å². The molecule has 128 valence electrons. The van der Waals surface area contributed by atoms with E-state index in [2.05, 4.69) is 43.1 Å². The molecule has 0 aliphatic heterocycles. The van der Waals surface area contributed by atoms with Crippen LogP contribution >= 0.6 is 0 Å². The Morgan fingerprint density at radius 2 is 1.32 bits per heavy atom. The Morgan fingerprint density at radius 3 is 1.68 bits per heavy atom. The molecule has 0 rings (SSSR count). The molecule has 0 heterocycles. The molecule has 0 aliphatic rings. The summed E-state index contributed by atoms with van der Waals surface area (Å²) < 4.78 is 0. The molecule has 0 aromatic rings. The van der Waals surface area contributed by atoms with Crippen LogP contribution in [-0.2, 0) is 4.79 Å². The normalized spacial score (nSPS) is 13.5. The molecular weight excluding hydrogens is 274 g/mol. The molecule has 0 bridgehead atoms. The Balaban J connectivity index is 4.13. The Hall–Kier alpha value is -1.09. The summed E-state index contributed by atoms with van der Waals surface area (Å²) in [5.74, 6) is -0.732. The number of unbranched alkanes of at least 4 members (excludes halogenated alkanes) is 4. The second-order valence-electron chi connectivity index (χ2n) is 5.85. The fourth-order valence-corrected chi connectivity index (χ4v) is 2.25. The largest absolute Gasteiger partial charge is 0.480 e. The topological polar surface area (TPSA) is 40.5 Å². The van der Waals surface area contributed by atoms with Crippen molar-refractivity contribution >= 4 is 5.97 Å². The first kappa shape index (κ1) is 20.9. The van der Waals surface area contributed by atoms with Crippen LogP contribution in [0.4, 0.5) is 0 Å². The van der Waals surface area contributed by atoms with Gasteiger partial charge in [-0.2, -0.15) is 0 Å². The van der Waals surface area contributed by atoms with Gasteiger partial charge in [0.15, 0.2) is 0 Å². The van der Waals surface area contributed by atoms with Crippen molar-refractivity contribution in [3.05, 3.63) is 24.3 Å². The highest BCUT2D eigenvalue weighted by Gasteiger charge is 2.18. The first-order valence-electron chi connectivity index (χ1n) is 8.90. The fraction of sp³-hybridized carbons (Fsp3) is 0.737. The summed E-state index contributed by atoms with van der Waals surface area (Å²) in [5.41, 5.74) is 0. The minimum Gasteiger partial charge on any atom is -0.480 e. The number of aliphatic carboxylic acids is 1. The van der Waals surface area contributed by atoms with Crippen molar-refractivity contribution in [1.82, 2.24) is 4.90 Å². The van der Waals surface area contributed by atoms with Gasteiger partial charge in [0, 0.05) is 13.1 Å². The number of carboxylic acid groups (broad SMARTS) is 1. The number of nitrogens with zero attached hydrogens (tertiary/aromatic N) is 1. The zero-order valence-electron chi connectivity index (χ0n) is 14.8. The van der Waals surface area contributed by atoms with Gasteiger partial charge < -0.3 is 5.11 Å². The quantitative estimate of drug-likeness (QED) is 0.361. The van der Waals surface area contributed by atoms with Crippen molar-refractivity contribution in [3.8, 4) is 0 Å². The second-order valence-corrected chi connectivity index (χ2v) is 5.85. The van der Waals surface area contributed by atoms with Crippen molar-refractivity contribution in [2.75, 3.05) is 13.1 Å². The molecule has 0 aromatic heterocycles. The molecule has 0 saturated carbocycles. The van der Waals surface area contributed by atoms with Gasteiger partial charge in [0.1, 0.15) is 6.04 Å². The van der Waals surface area contributed by atoms with Gasteiger partial charge >= 0.3 is 5.97 Å². The molecule has 1 atom stereocenters. The summed E-state index contributed by atoms with van der Waals surface area (Å²) in [6.45, 7) is 7.80. The summed E-state index contributed by atoms with van der Waals surface area (Å²) in [5, 5.41) is 9.22. The van der Waals surface area contributed by atoms with Crippen LogP contribution in [0, 0.1) is 0 Å². The number of rotatable bonds is 14. The van der Waals surface area contributed by atoms with Gasteiger partial charge in [-0.1, -0.05) is 63.8 Å². The van der Waals surface area contributed by atoms with E-state index in [0.29, 0.717) is 0 Å². The maximum absolute atomic E-state index is 11.2. The lowest BCUT2D eigenvalue weighted by atomic mass is 10.2. The molecule has 0 amide bonds. The third kappa shape index (κ3) is 11.6. The van der Waals surface area contributed by atoms with Crippen molar-refractivity contribution in [1.29, 1.82) is 0 Å². The Bertz CT molecular complexity index is 301. The van der Waals surface area contributed by atoms with Gasteiger partial charge in [0.25, 0.3) is 0 Å². The Labute approximate surface area is 137 Å². The molecule has 1 unspecified atom stereocenters. The maximum atomic E-state index is 11.2. The van der Waals surface area contributed by atoms with Crippen LogP contribution in [0.25, 0.3) is 0 Å². The third-order valence-electron chi connectivity index (χ3n) is 3.85. The molecule has 22 heavy (non-hydrogen) atoms. The molecule has 0 aromatic carbocycles. The van der Waals surface area contributed by atoms with Crippen LogP contribution in [0.15, 0.2) is 24.3 Å². The summed E-state index contributed by atoms with van der Waals surface area (Å²) in [6, 6.07) is -0.409. The molecular formula is C19H35NO2. The number of carbonyl (C=O) groups is 1. The minimum absolute atomic E-state index is 0.409. The van der Waals surface area contributed by atoms with E-state index in [1.165, 1.54) is 25.7 Å². The average molecular weight is 309 g/mol. The van der Waals surface area contributed by atoms with Crippen molar-refractivity contribution in [3.63, 3.8) is 0 Å². The first-order valence-corrected chi connectivity index (χ1v) is 8.90. The highest BCUT2D eigenvalue weighted by molar-refractivity contribution is 5.72. The zero-order valence-corrected chi connectivity index (χ0v) is 14.8. The molecule has 0 saturated heterocycles. The van der Waals surface area contributed by atoms with Gasteiger partial charge in [0.05, 0.1) is 0 Å². The lowest BCUT2D eigenvalue weighted by Gasteiger charge is -2.25. The van der Waals surface area contributed by atoms with Crippen LogP contribution in [0.5, 0.6) is 0 Å². The number of hydrogen-bond acceptors (Lipinski definition) is 2. The molecule has 3 nitrogen and oxygen atoms in total. The van der Waals surface area contributed by atoms with Crippen molar-refractivity contribution < 1.29 is 9.90 Å². The van der Waals surface area contributed by atoms with E-state index in [9.17, 15) is 9.90 Å². The van der Waals surface area contributed by atoms with E-state index in [1.807, 2.05) is 0 Å². The van der Waals surface area contributed by atoms with Crippen molar-refractivity contribution in [2.24, 2.45) is 0 Å².